The lowest BCUT2D eigenvalue weighted by atomic mass is 9.96. The van der Waals surface area contributed by atoms with E-state index in [2.05, 4.69) is 31.0 Å². The second-order valence-electron chi connectivity index (χ2n) is 4.94. The first-order valence-electron chi connectivity index (χ1n) is 5.01. The van der Waals surface area contributed by atoms with Crippen LogP contribution in [0, 0.1) is 6.92 Å². The van der Waals surface area contributed by atoms with Crippen LogP contribution in [-0.2, 0) is 5.41 Å². The molecule has 0 aliphatic rings. The first kappa shape index (κ1) is 9.96. The minimum Gasteiger partial charge on any atom is -0.396 e. The van der Waals surface area contributed by atoms with Crippen LogP contribution in [0.2, 0.25) is 0 Å². The highest BCUT2D eigenvalue weighted by molar-refractivity contribution is 5.65. The molecule has 0 fully saturated rings. The van der Waals surface area contributed by atoms with Gasteiger partial charge in [-0.1, -0.05) is 20.8 Å². The molecule has 0 radical (unpaired) electrons. The number of pyridine rings is 1. The molecule has 4 heteroatoms. The first-order chi connectivity index (χ1) is 6.89. The van der Waals surface area contributed by atoms with Crippen LogP contribution in [0.15, 0.2) is 12.3 Å². The van der Waals surface area contributed by atoms with Crippen molar-refractivity contribution in [2.24, 2.45) is 0 Å². The Morgan fingerprint density at radius 3 is 2.53 bits per heavy atom. The van der Waals surface area contributed by atoms with Crippen LogP contribution in [-0.4, -0.2) is 14.6 Å². The van der Waals surface area contributed by atoms with E-state index >= 15 is 0 Å². The Balaban J connectivity index is 2.80. The number of nitrogen functional groups attached to an aromatic ring is 1. The highest BCUT2D eigenvalue weighted by Gasteiger charge is 2.21. The minimum absolute atomic E-state index is 0.0281. The SMILES string of the molecule is Cc1cc(N)c2nnc(C(C)(C)C)n2c1. The molecule has 4 nitrogen and oxygen atoms in total. The van der Waals surface area contributed by atoms with Crippen molar-refractivity contribution in [3.05, 3.63) is 23.7 Å². The summed E-state index contributed by atoms with van der Waals surface area (Å²) in [5.74, 6) is 0.938. The molecular formula is C11H16N4. The Morgan fingerprint density at radius 1 is 1.27 bits per heavy atom. The van der Waals surface area contributed by atoms with E-state index in [9.17, 15) is 0 Å². The Hall–Kier alpha value is -1.58. The van der Waals surface area contributed by atoms with Crippen LogP contribution >= 0.6 is 0 Å². The highest BCUT2D eigenvalue weighted by Crippen LogP contribution is 2.23. The number of aryl methyl sites for hydroxylation is 1. The van der Waals surface area contributed by atoms with Crippen molar-refractivity contribution < 1.29 is 0 Å². The van der Waals surface area contributed by atoms with Crippen LogP contribution in [0.4, 0.5) is 5.69 Å². The number of nitrogens with two attached hydrogens (primary N) is 1. The predicted molar refractivity (Wildman–Crippen MR) is 60.8 cm³/mol. The van der Waals surface area contributed by atoms with Gasteiger partial charge in [-0.15, -0.1) is 10.2 Å². The van der Waals surface area contributed by atoms with Crippen molar-refractivity contribution in [1.82, 2.24) is 14.6 Å². The van der Waals surface area contributed by atoms with Gasteiger partial charge < -0.3 is 5.73 Å². The van der Waals surface area contributed by atoms with Gasteiger partial charge in [0, 0.05) is 11.6 Å². The maximum absolute atomic E-state index is 5.89. The van der Waals surface area contributed by atoms with Gasteiger partial charge in [-0.25, -0.2) is 0 Å². The zero-order chi connectivity index (χ0) is 11.2. The Labute approximate surface area is 89.1 Å². The monoisotopic (exact) mass is 204 g/mol. The zero-order valence-corrected chi connectivity index (χ0v) is 9.57. The molecule has 2 aromatic heterocycles. The van der Waals surface area contributed by atoms with Crippen LogP contribution in [0.1, 0.15) is 32.2 Å². The van der Waals surface area contributed by atoms with E-state index in [-0.39, 0.29) is 5.41 Å². The summed E-state index contributed by atoms with van der Waals surface area (Å²) in [6.07, 6.45) is 2.02. The molecular weight excluding hydrogens is 188 g/mol. The first-order valence-corrected chi connectivity index (χ1v) is 5.01. The fraction of sp³-hybridized carbons (Fsp3) is 0.455. The van der Waals surface area contributed by atoms with Crippen LogP contribution < -0.4 is 5.73 Å². The standard InChI is InChI=1S/C11H16N4/c1-7-5-8(12)9-13-14-10(11(2,3)4)15(9)6-7/h5-6H,12H2,1-4H3. The van der Waals surface area contributed by atoms with E-state index in [0.717, 1.165) is 17.0 Å². The second kappa shape index (κ2) is 2.95. The number of nitrogens with zero attached hydrogens (tertiary/aromatic N) is 3. The predicted octanol–water partition coefficient (Wildman–Crippen LogP) is 1.92. The zero-order valence-electron chi connectivity index (χ0n) is 9.57. The fourth-order valence-electron chi connectivity index (χ4n) is 1.67. The molecule has 2 N–H and O–H groups in total. The Kier molecular flexibility index (Phi) is 1.96. The van der Waals surface area contributed by atoms with Gasteiger partial charge in [-0.2, -0.15) is 0 Å². The van der Waals surface area contributed by atoms with E-state index < -0.39 is 0 Å². The van der Waals surface area contributed by atoms with Gasteiger partial charge in [0.25, 0.3) is 0 Å². The summed E-state index contributed by atoms with van der Waals surface area (Å²) in [6, 6.07) is 1.91. The summed E-state index contributed by atoms with van der Waals surface area (Å²) >= 11 is 0. The molecule has 15 heavy (non-hydrogen) atoms. The average Bonchev–Trinajstić information content (AvgIpc) is 2.45. The van der Waals surface area contributed by atoms with Gasteiger partial charge in [0.15, 0.2) is 5.65 Å². The van der Waals surface area contributed by atoms with E-state index in [0.29, 0.717) is 5.69 Å². The van der Waals surface area contributed by atoms with Gasteiger partial charge in [-0.05, 0) is 18.6 Å². The smallest absolute Gasteiger partial charge is 0.184 e. The van der Waals surface area contributed by atoms with Crippen molar-refractivity contribution in [2.75, 3.05) is 5.73 Å². The topological polar surface area (TPSA) is 56.2 Å². The molecule has 2 rings (SSSR count). The average molecular weight is 204 g/mol. The fourth-order valence-corrected chi connectivity index (χ4v) is 1.67. The van der Waals surface area contributed by atoms with E-state index in [1.54, 1.807) is 0 Å². The van der Waals surface area contributed by atoms with Crippen molar-refractivity contribution in [1.29, 1.82) is 0 Å². The molecule has 0 amide bonds. The van der Waals surface area contributed by atoms with Crippen molar-refractivity contribution in [3.8, 4) is 0 Å². The van der Waals surface area contributed by atoms with Crippen LogP contribution in [0.5, 0.6) is 0 Å². The summed E-state index contributed by atoms with van der Waals surface area (Å²) in [5, 5.41) is 8.32. The Bertz CT molecular complexity index is 505. The maximum atomic E-state index is 5.89. The summed E-state index contributed by atoms with van der Waals surface area (Å²) in [5.41, 5.74) is 8.40. The third-order valence-electron chi connectivity index (χ3n) is 2.34. The third-order valence-corrected chi connectivity index (χ3v) is 2.34. The molecule has 0 saturated heterocycles. The maximum Gasteiger partial charge on any atom is 0.184 e. The van der Waals surface area contributed by atoms with Crippen molar-refractivity contribution in [2.45, 2.75) is 33.1 Å². The summed E-state index contributed by atoms with van der Waals surface area (Å²) in [7, 11) is 0. The largest absolute Gasteiger partial charge is 0.396 e. The number of fused-ring (bicyclic) bond motifs is 1. The Morgan fingerprint density at radius 2 is 1.93 bits per heavy atom. The molecule has 0 saturated carbocycles. The highest BCUT2D eigenvalue weighted by atomic mass is 15.3. The van der Waals surface area contributed by atoms with E-state index in [1.165, 1.54) is 0 Å². The van der Waals surface area contributed by atoms with Gasteiger partial charge >= 0.3 is 0 Å². The molecule has 0 aliphatic heterocycles. The molecule has 2 aromatic rings. The lowest BCUT2D eigenvalue weighted by Gasteiger charge is -2.15. The summed E-state index contributed by atoms with van der Waals surface area (Å²) in [4.78, 5) is 0. The lowest BCUT2D eigenvalue weighted by molar-refractivity contribution is 0.538. The molecule has 0 aliphatic carbocycles. The normalized spacial score (nSPS) is 12.3. The quantitative estimate of drug-likeness (QED) is 0.713. The summed E-state index contributed by atoms with van der Waals surface area (Å²) in [6.45, 7) is 8.36. The van der Waals surface area contributed by atoms with Crippen molar-refractivity contribution >= 4 is 11.3 Å². The molecule has 0 aromatic carbocycles. The van der Waals surface area contributed by atoms with Gasteiger partial charge in [0.05, 0.1) is 5.69 Å². The van der Waals surface area contributed by atoms with Crippen molar-refractivity contribution in [3.63, 3.8) is 0 Å². The van der Waals surface area contributed by atoms with Gasteiger partial charge in [0.2, 0.25) is 0 Å². The number of hydrogen-bond acceptors (Lipinski definition) is 3. The number of hydrogen-bond donors (Lipinski definition) is 1. The summed E-state index contributed by atoms with van der Waals surface area (Å²) < 4.78 is 1.98. The number of anilines is 1. The molecule has 0 unspecified atom stereocenters. The van der Waals surface area contributed by atoms with Gasteiger partial charge in [-0.3, -0.25) is 4.40 Å². The molecule has 0 bridgehead atoms. The van der Waals surface area contributed by atoms with Crippen LogP contribution in [0.25, 0.3) is 5.65 Å². The number of rotatable bonds is 0. The minimum atomic E-state index is -0.0281. The third kappa shape index (κ3) is 1.56. The number of aromatic nitrogens is 3. The van der Waals surface area contributed by atoms with E-state index in [4.69, 9.17) is 5.73 Å². The molecule has 0 spiro atoms. The molecule has 0 atom stereocenters. The lowest BCUT2D eigenvalue weighted by Crippen LogP contribution is -2.16. The van der Waals surface area contributed by atoms with E-state index in [1.807, 2.05) is 23.6 Å². The van der Waals surface area contributed by atoms with Gasteiger partial charge in [0.1, 0.15) is 5.82 Å². The molecule has 80 valence electrons. The molecule has 2 heterocycles. The van der Waals surface area contributed by atoms with Crippen LogP contribution in [0.3, 0.4) is 0 Å². The second-order valence-corrected chi connectivity index (χ2v) is 4.94.